The number of hydrogen-bond donors (Lipinski definition) is 2. The van der Waals surface area contributed by atoms with E-state index in [-0.39, 0.29) is 0 Å². The van der Waals surface area contributed by atoms with Gasteiger partial charge in [0.2, 0.25) is 0 Å². The van der Waals surface area contributed by atoms with Crippen molar-refractivity contribution < 1.29 is 0 Å². The lowest BCUT2D eigenvalue weighted by atomic mass is 10.4. The second-order valence-electron chi connectivity index (χ2n) is 2.88. The van der Waals surface area contributed by atoms with E-state index in [2.05, 4.69) is 31.0 Å². The molecule has 0 aliphatic heterocycles. The highest BCUT2D eigenvalue weighted by Crippen LogP contribution is 1.95. The van der Waals surface area contributed by atoms with Crippen LogP contribution in [0.2, 0.25) is 0 Å². The number of tetrazole rings is 1. The maximum absolute atomic E-state index is 4.06. The Kier molecular flexibility index (Phi) is 2.50. The molecule has 0 fully saturated rings. The zero-order chi connectivity index (χ0) is 9.80. The Morgan fingerprint density at radius 1 is 1.50 bits per heavy atom. The maximum atomic E-state index is 4.06. The Hall–Kier alpha value is -1.76. The average Bonchev–Trinajstić information content (AvgIpc) is 2.78. The molecule has 2 aromatic rings. The maximum Gasteiger partial charge on any atom is 0.188 e. The van der Waals surface area contributed by atoms with Crippen LogP contribution in [0, 0.1) is 0 Å². The molecule has 2 aromatic heterocycles. The number of aromatic amines is 1. The van der Waals surface area contributed by atoms with Crippen LogP contribution >= 0.6 is 0 Å². The zero-order valence-electron chi connectivity index (χ0n) is 7.80. The van der Waals surface area contributed by atoms with Crippen molar-refractivity contribution in [1.29, 1.82) is 0 Å². The molecule has 0 aliphatic carbocycles. The Morgan fingerprint density at radius 2 is 2.43 bits per heavy atom. The molecule has 0 aliphatic rings. The molecular formula is C7H11N7. The van der Waals surface area contributed by atoms with Crippen molar-refractivity contribution in [1.82, 2.24) is 35.7 Å². The van der Waals surface area contributed by atoms with Crippen LogP contribution in [-0.4, -0.2) is 30.4 Å². The van der Waals surface area contributed by atoms with Gasteiger partial charge in [-0.2, -0.15) is 10.3 Å². The fourth-order valence-corrected chi connectivity index (χ4v) is 1.13. The van der Waals surface area contributed by atoms with Crippen molar-refractivity contribution in [3.8, 4) is 0 Å². The summed E-state index contributed by atoms with van der Waals surface area (Å²) in [4.78, 5) is 0. The van der Waals surface area contributed by atoms with Gasteiger partial charge in [-0.05, 0) is 6.07 Å². The van der Waals surface area contributed by atoms with Crippen LogP contribution in [0.4, 0.5) is 0 Å². The summed E-state index contributed by atoms with van der Waals surface area (Å²) < 4.78 is 1.82. The summed E-state index contributed by atoms with van der Waals surface area (Å²) in [6.45, 7) is 1.34. The molecule has 0 aromatic carbocycles. The van der Waals surface area contributed by atoms with Crippen molar-refractivity contribution in [2.24, 2.45) is 7.05 Å². The number of hydrogen-bond acceptors (Lipinski definition) is 5. The van der Waals surface area contributed by atoms with E-state index in [9.17, 15) is 0 Å². The average molecular weight is 193 g/mol. The first-order valence-corrected chi connectivity index (χ1v) is 4.26. The van der Waals surface area contributed by atoms with Crippen LogP contribution in [0.15, 0.2) is 12.3 Å². The van der Waals surface area contributed by atoms with Crippen LogP contribution in [0.3, 0.4) is 0 Å². The summed E-state index contributed by atoms with van der Waals surface area (Å²) in [5.74, 6) is 0.659. The fourth-order valence-electron chi connectivity index (χ4n) is 1.13. The molecule has 0 radical (unpaired) electrons. The van der Waals surface area contributed by atoms with E-state index in [1.165, 1.54) is 0 Å². The predicted octanol–water partition coefficient (Wildman–Crippen LogP) is -0.777. The number of nitrogens with one attached hydrogen (secondary N) is 2. The third-order valence-corrected chi connectivity index (χ3v) is 1.90. The van der Waals surface area contributed by atoms with Crippen molar-refractivity contribution in [2.45, 2.75) is 13.1 Å². The van der Waals surface area contributed by atoms with E-state index in [4.69, 9.17) is 0 Å². The van der Waals surface area contributed by atoms with Gasteiger partial charge in [-0.15, -0.1) is 10.2 Å². The lowest BCUT2D eigenvalue weighted by Gasteiger charge is -2.01. The number of H-pyrrole nitrogens is 1. The van der Waals surface area contributed by atoms with Crippen molar-refractivity contribution in [2.75, 3.05) is 0 Å². The second-order valence-corrected chi connectivity index (χ2v) is 2.88. The largest absolute Gasteiger partial charge is 0.304 e. The van der Waals surface area contributed by atoms with Crippen molar-refractivity contribution in [3.05, 3.63) is 23.8 Å². The highest BCUT2D eigenvalue weighted by molar-refractivity contribution is 4.99. The van der Waals surface area contributed by atoms with Crippen LogP contribution in [0.1, 0.15) is 11.5 Å². The van der Waals surface area contributed by atoms with Crippen LogP contribution in [0.25, 0.3) is 0 Å². The SMILES string of the molecule is Cn1nccc1CNCc1nn[nH]n1. The summed E-state index contributed by atoms with van der Waals surface area (Å²) in [5.41, 5.74) is 1.12. The molecule has 74 valence electrons. The number of rotatable bonds is 4. The summed E-state index contributed by atoms with van der Waals surface area (Å²) in [6.07, 6.45) is 1.77. The minimum absolute atomic E-state index is 0.599. The zero-order valence-corrected chi connectivity index (χ0v) is 7.80. The van der Waals surface area contributed by atoms with E-state index in [0.717, 1.165) is 12.2 Å². The van der Waals surface area contributed by atoms with Crippen molar-refractivity contribution >= 4 is 0 Å². The van der Waals surface area contributed by atoms with Gasteiger partial charge in [-0.3, -0.25) is 4.68 Å². The minimum Gasteiger partial charge on any atom is -0.304 e. The van der Waals surface area contributed by atoms with Gasteiger partial charge in [0.25, 0.3) is 0 Å². The van der Waals surface area contributed by atoms with Gasteiger partial charge in [-0.25, -0.2) is 0 Å². The van der Waals surface area contributed by atoms with Crippen molar-refractivity contribution in [3.63, 3.8) is 0 Å². The summed E-state index contributed by atoms with van der Waals surface area (Å²) in [7, 11) is 1.91. The normalized spacial score (nSPS) is 10.6. The molecule has 0 atom stereocenters. The summed E-state index contributed by atoms with van der Waals surface area (Å²) >= 11 is 0. The summed E-state index contributed by atoms with van der Waals surface area (Å²) in [5, 5.41) is 20.8. The van der Waals surface area contributed by atoms with Gasteiger partial charge >= 0.3 is 0 Å². The molecular weight excluding hydrogens is 182 g/mol. The van der Waals surface area contributed by atoms with Gasteiger partial charge in [0.1, 0.15) is 0 Å². The van der Waals surface area contributed by atoms with E-state index >= 15 is 0 Å². The molecule has 14 heavy (non-hydrogen) atoms. The van der Waals surface area contributed by atoms with Crippen LogP contribution in [-0.2, 0) is 20.1 Å². The van der Waals surface area contributed by atoms with Gasteiger partial charge in [-0.1, -0.05) is 5.21 Å². The first-order valence-electron chi connectivity index (χ1n) is 4.26. The predicted molar refractivity (Wildman–Crippen MR) is 47.9 cm³/mol. The highest BCUT2D eigenvalue weighted by Gasteiger charge is 1.99. The molecule has 7 nitrogen and oxygen atoms in total. The first kappa shape index (κ1) is 8.82. The lowest BCUT2D eigenvalue weighted by molar-refractivity contribution is 0.612. The van der Waals surface area contributed by atoms with Gasteiger partial charge in [0, 0.05) is 19.8 Å². The quantitative estimate of drug-likeness (QED) is 0.665. The molecule has 2 heterocycles. The minimum atomic E-state index is 0.599. The molecule has 2 N–H and O–H groups in total. The topological polar surface area (TPSA) is 84.3 Å². The molecule has 0 spiro atoms. The Morgan fingerprint density at radius 3 is 3.07 bits per heavy atom. The first-order chi connectivity index (χ1) is 6.86. The number of aryl methyl sites for hydroxylation is 1. The lowest BCUT2D eigenvalue weighted by Crippen LogP contribution is -2.16. The Balaban J connectivity index is 1.81. The third-order valence-electron chi connectivity index (χ3n) is 1.90. The number of nitrogens with zero attached hydrogens (tertiary/aromatic N) is 5. The molecule has 0 unspecified atom stereocenters. The van der Waals surface area contributed by atoms with Gasteiger partial charge in [0.05, 0.1) is 12.2 Å². The number of aromatic nitrogens is 6. The second kappa shape index (κ2) is 3.97. The third kappa shape index (κ3) is 1.94. The molecule has 0 amide bonds. The smallest absolute Gasteiger partial charge is 0.188 e. The standard InChI is InChI=1S/C7H11N7/c1-14-6(2-3-9-14)4-8-5-7-10-12-13-11-7/h2-3,8H,4-5H2,1H3,(H,10,11,12,13). The molecule has 0 bridgehead atoms. The summed E-state index contributed by atoms with van der Waals surface area (Å²) in [6, 6.07) is 1.96. The Labute approximate surface area is 80.5 Å². The monoisotopic (exact) mass is 193 g/mol. The molecule has 0 saturated heterocycles. The van der Waals surface area contributed by atoms with Crippen LogP contribution in [0.5, 0.6) is 0 Å². The van der Waals surface area contributed by atoms with E-state index in [1.54, 1.807) is 6.20 Å². The highest BCUT2D eigenvalue weighted by atomic mass is 15.5. The molecule has 0 saturated carbocycles. The molecule has 2 rings (SSSR count). The Bertz CT molecular complexity index is 376. The van der Waals surface area contributed by atoms with Crippen LogP contribution < -0.4 is 5.32 Å². The fraction of sp³-hybridized carbons (Fsp3) is 0.429. The van der Waals surface area contributed by atoms with Gasteiger partial charge in [0.15, 0.2) is 5.82 Å². The van der Waals surface area contributed by atoms with E-state index < -0.39 is 0 Å². The molecule has 7 heteroatoms. The van der Waals surface area contributed by atoms with E-state index in [1.807, 2.05) is 17.8 Å². The van der Waals surface area contributed by atoms with E-state index in [0.29, 0.717) is 12.4 Å². The van der Waals surface area contributed by atoms with Gasteiger partial charge < -0.3 is 5.32 Å².